The summed E-state index contributed by atoms with van der Waals surface area (Å²) in [5.74, 6) is 0.852. The number of nitrogens with zero attached hydrogens (tertiary/aromatic N) is 1. The van der Waals surface area contributed by atoms with E-state index >= 15 is 0 Å². The van der Waals surface area contributed by atoms with E-state index in [1.165, 1.54) is 49.2 Å². The van der Waals surface area contributed by atoms with Crippen molar-refractivity contribution < 1.29 is 0 Å². The molecule has 3 heteroatoms. The van der Waals surface area contributed by atoms with Gasteiger partial charge in [0.05, 0.1) is 11.2 Å². The first kappa shape index (κ1) is 17.0. The molecule has 2 unspecified atom stereocenters. The molecule has 2 rings (SSSR count). The minimum Gasteiger partial charge on any atom is -0.305 e. The van der Waals surface area contributed by atoms with E-state index in [0.717, 1.165) is 12.5 Å². The average Bonchev–Trinajstić information content (AvgIpc) is 2.96. The Kier molecular flexibility index (Phi) is 5.48. The van der Waals surface area contributed by atoms with Crippen LogP contribution in [0.5, 0.6) is 0 Å². The zero-order chi connectivity index (χ0) is 15.5. The maximum atomic E-state index is 5.06. The van der Waals surface area contributed by atoms with E-state index in [2.05, 4.69) is 45.3 Å². The molecule has 1 aliphatic carbocycles. The number of hydrogen-bond acceptors (Lipinski definition) is 3. The molecule has 0 spiro atoms. The Hall–Kier alpha value is -0.410. The zero-order valence-corrected chi connectivity index (χ0v) is 15.3. The highest BCUT2D eigenvalue weighted by atomic mass is 32.1. The van der Waals surface area contributed by atoms with Gasteiger partial charge in [-0.05, 0) is 31.7 Å². The molecule has 0 radical (unpaired) electrons. The zero-order valence-electron chi connectivity index (χ0n) is 14.5. The second-order valence-electron chi connectivity index (χ2n) is 7.67. The Labute approximate surface area is 134 Å². The predicted octanol–water partition coefficient (Wildman–Crippen LogP) is 5.24. The van der Waals surface area contributed by atoms with Crippen molar-refractivity contribution >= 4 is 11.3 Å². The van der Waals surface area contributed by atoms with Gasteiger partial charge in [0.2, 0.25) is 0 Å². The van der Waals surface area contributed by atoms with E-state index in [4.69, 9.17) is 4.98 Å². The van der Waals surface area contributed by atoms with Gasteiger partial charge in [-0.25, -0.2) is 4.98 Å². The van der Waals surface area contributed by atoms with Gasteiger partial charge < -0.3 is 5.32 Å². The van der Waals surface area contributed by atoms with Crippen molar-refractivity contribution in [2.24, 2.45) is 5.92 Å². The summed E-state index contributed by atoms with van der Waals surface area (Å²) in [4.78, 5) is 5.06. The number of nitrogens with one attached hydrogen (secondary N) is 1. The predicted molar refractivity (Wildman–Crippen MR) is 93.0 cm³/mol. The fourth-order valence-corrected chi connectivity index (χ4v) is 4.63. The van der Waals surface area contributed by atoms with Gasteiger partial charge in [-0.3, -0.25) is 0 Å². The Morgan fingerprint density at radius 3 is 2.71 bits per heavy atom. The molecular weight excluding hydrogens is 276 g/mol. The van der Waals surface area contributed by atoms with Gasteiger partial charge >= 0.3 is 0 Å². The first-order valence-corrected chi connectivity index (χ1v) is 9.50. The first-order chi connectivity index (χ1) is 9.91. The highest BCUT2D eigenvalue weighted by molar-refractivity contribution is 7.09. The van der Waals surface area contributed by atoms with E-state index in [1.807, 2.05) is 11.3 Å². The van der Waals surface area contributed by atoms with Gasteiger partial charge in [0.25, 0.3) is 0 Å². The highest BCUT2D eigenvalue weighted by Crippen LogP contribution is 2.43. The number of rotatable bonds is 5. The van der Waals surface area contributed by atoms with Crippen molar-refractivity contribution in [3.8, 4) is 0 Å². The lowest BCUT2D eigenvalue weighted by Crippen LogP contribution is -2.46. The van der Waals surface area contributed by atoms with Gasteiger partial charge in [-0.15, -0.1) is 11.3 Å². The fraction of sp³-hybridized carbons (Fsp3) is 0.833. The van der Waals surface area contributed by atoms with E-state index in [-0.39, 0.29) is 11.0 Å². The summed E-state index contributed by atoms with van der Waals surface area (Å²) in [6, 6.07) is 0. The van der Waals surface area contributed by atoms with Gasteiger partial charge in [0.1, 0.15) is 5.01 Å². The number of aromatic nitrogens is 1. The Balaban J connectivity index is 2.28. The fourth-order valence-electron chi connectivity index (χ4n) is 3.37. The molecule has 1 aromatic rings. The van der Waals surface area contributed by atoms with Crippen molar-refractivity contribution in [3.05, 3.63) is 16.1 Å². The van der Waals surface area contributed by atoms with E-state index in [9.17, 15) is 0 Å². The van der Waals surface area contributed by atoms with Crippen LogP contribution in [0.25, 0.3) is 0 Å². The summed E-state index contributed by atoms with van der Waals surface area (Å²) in [6.07, 6.45) is 7.73. The number of hydrogen-bond donors (Lipinski definition) is 1. The smallest absolute Gasteiger partial charge is 0.113 e. The Morgan fingerprint density at radius 1 is 1.38 bits per heavy atom. The average molecular weight is 309 g/mol. The molecule has 120 valence electrons. The van der Waals surface area contributed by atoms with Gasteiger partial charge in [0.15, 0.2) is 0 Å². The van der Waals surface area contributed by atoms with Crippen molar-refractivity contribution in [1.29, 1.82) is 0 Å². The molecule has 0 bridgehead atoms. The standard InChI is InChI=1S/C18H32N2S/c1-6-11-19-18(10-8-9-14(7-2)12-18)16-20-15(13-21-16)17(3,4)5/h13-14,19H,6-12H2,1-5H3. The second-order valence-corrected chi connectivity index (χ2v) is 8.53. The molecular formula is C18H32N2S. The van der Waals surface area contributed by atoms with Crippen molar-refractivity contribution in [3.63, 3.8) is 0 Å². The molecule has 0 aromatic carbocycles. The molecule has 1 heterocycles. The largest absolute Gasteiger partial charge is 0.305 e. The van der Waals surface area contributed by atoms with Crippen molar-refractivity contribution in [2.75, 3.05) is 6.54 Å². The third-order valence-corrected chi connectivity index (χ3v) is 5.87. The maximum absolute atomic E-state index is 5.06. The van der Waals surface area contributed by atoms with Crippen LogP contribution < -0.4 is 5.32 Å². The summed E-state index contributed by atoms with van der Waals surface area (Å²) in [5, 5.41) is 7.49. The van der Waals surface area contributed by atoms with Crippen molar-refractivity contribution in [2.45, 2.75) is 84.1 Å². The van der Waals surface area contributed by atoms with Crippen LogP contribution in [0.15, 0.2) is 5.38 Å². The van der Waals surface area contributed by atoms with E-state index < -0.39 is 0 Å². The summed E-state index contributed by atoms with van der Waals surface area (Å²) in [7, 11) is 0. The SMILES string of the molecule is CCCNC1(c2nc(C(C)(C)C)cs2)CCCC(CC)C1. The normalized spacial score (nSPS) is 27.0. The third kappa shape index (κ3) is 3.87. The minimum absolute atomic E-state index is 0.142. The Bertz CT molecular complexity index is 446. The molecule has 0 aliphatic heterocycles. The quantitative estimate of drug-likeness (QED) is 0.805. The molecule has 0 amide bonds. The van der Waals surface area contributed by atoms with Crippen molar-refractivity contribution in [1.82, 2.24) is 10.3 Å². The molecule has 21 heavy (non-hydrogen) atoms. The Morgan fingerprint density at radius 2 is 2.14 bits per heavy atom. The lowest BCUT2D eigenvalue weighted by molar-refractivity contribution is 0.174. The maximum Gasteiger partial charge on any atom is 0.113 e. The molecule has 0 saturated heterocycles. The molecule has 1 aromatic heterocycles. The summed E-state index contributed by atoms with van der Waals surface area (Å²) < 4.78 is 0. The highest BCUT2D eigenvalue weighted by Gasteiger charge is 2.39. The lowest BCUT2D eigenvalue weighted by atomic mass is 9.75. The molecule has 2 nitrogen and oxygen atoms in total. The third-order valence-electron chi connectivity index (χ3n) is 4.83. The molecule has 1 fully saturated rings. The molecule has 1 aliphatic rings. The summed E-state index contributed by atoms with van der Waals surface area (Å²) in [5.41, 5.74) is 1.54. The van der Waals surface area contributed by atoms with Gasteiger partial charge in [0, 0.05) is 10.8 Å². The second kappa shape index (κ2) is 6.78. The summed E-state index contributed by atoms with van der Waals surface area (Å²) in [6.45, 7) is 12.5. The van der Waals surface area contributed by atoms with Crippen LogP contribution >= 0.6 is 11.3 Å². The van der Waals surface area contributed by atoms with Crippen LogP contribution in [-0.4, -0.2) is 11.5 Å². The van der Waals surface area contributed by atoms with Gasteiger partial charge in [-0.1, -0.05) is 53.9 Å². The van der Waals surface area contributed by atoms with E-state index in [1.54, 1.807) is 0 Å². The molecule has 1 saturated carbocycles. The first-order valence-electron chi connectivity index (χ1n) is 8.63. The monoisotopic (exact) mass is 308 g/mol. The van der Waals surface area contributed by atoms with E-state index in [0.29, 0.717) is 0 Å². The van der Waals surface area contributed by atoms with Crippen LogP contribution in [0.2, 0.25) is 0 Å². The molecule has 2 atom stereocenters. The summed E-state index contributed by atoms with van der Waals surface area (Å²) >= 11 is 1.87. The van der Waals surface area contributed by atoms with Gasteiger partial charge in [-0.2, -0.15) is 0 Å². The van der Waals surface area contributed by atoms with Crippen LogP contribution in [0, 0.1) is 5.92 Å². The van der Waals surface area contributed by atoms with Crippen LogP contribution in [-0.2, 0) is 11.0 Å². The minimum atomic E-state index is 0.142. The van der Waals surface area contributed by atoms with Crippen LogP contribution in [0.1, 0.15) is 83.8 Å². The lowest BCUT2D eigenvalue weighted by Gasteiger charge is -2.40. The van der Waals surface area contributed by atoms with Crippen LogP contribution in [0.3, 0.4) is 0 Å². The number of thiazole rings is 1. The van der Waals surface area contributed by atoms with Crippen LogP contribution in [0.4, 0.5) is 0 Å². The topological polar surface area (TPSA) is 24.9 Å². The molecule has 1 N–H and O–H groups in total.